The molecule has 6 heteroatoms. The number of likely N-dealkylation sites (tertiary alicyclic amines) is 1. The van der Waals surface area contributed by atoms with Crippen LogP contribution in [0.25, 0.3) is 0 Å². The van der Waals surface area contributed by atoms with Crippen molar-refractivity contribution in [1.29, 1.82) is 5.26 Å². The number of hydrogen-bond donors (Lipinski definition) is 1. The monoisotopic (exact) mass is 397 g/mol. The highest BCUT2D eigenvalue weighted by molar-refractivity contribution is 5.93. The van der Waals surface area contributed by atoms with Gasteiger partial charge in [-0.25, -0.2) is 9.97 Å². The molecule has 3 aromatic rings. The number of nitriles is 1. The molecule has 1 saturated heterocycles. The van der Waals surface area contributed by atoms with E-state index in [1.54, 1.807) is 30.6 Å². The summed E-state index contributed by atoms with van der Waals surface area (Å²) in [6.45, 7) is 1.51. The van der Waals surface area contributed by atoms with Gasteiger partial charge < -0.3 is 10.2 Å². The van der Waals surface area contributed by atoms with E-state index in [-0.39, 0.29) is 5.91 Å². The third-order valence-corrected chi connectivity index (χ3v) is 5.46. The van der Waals surface area contributed by atoms with Gasteiger partial charge in [-0.2, -0.15) is 5.26 Å². The zero-order valence-corrected chi connectivity index (χ0v) is 16.7. The number of rotatable bonds is 5. The Morgan fingerprint density at radius 1 is 1.03 bits per heavy atom. The SMILES string of the molecule is N#Cc1ccccc1Nc1ncc(C(=O)N2CCC(Cc3ccccc3)CC2)cn1. The summed E-state index contributed by atoms with van der Waals surface area (Å²) in [6, 6.07) is 19.8. The van der Waals surface area contributed by atoms with Crippen molar-refractivity contribution in [1.82, 2.24) is 14.9 Å². The highest BCUT2D eigenvalue weighted by atomic mass is 16.2. The molecule has 1 aromatic heterocycles. The van der Waals surface area contributed by atoms with Crippen LogP contribution in [0.4, 0.5) is 11.6 Å². The number of amides is 1. The molecule has 2 aromatic carbocycles. The van der Waals surface area contributed by atoms with Crippen molar-refractivity contribution in [3.63, 3.8) is 0 Å². The summed E-state index contributed by atoms with van der Waals surface area (Å²) in [7, 11) is 0. The van der Waals surface area contributed by atoms with Crippen molar-refractivity contribution in [2.75, 3.05) is 18.4 Å². The number of piperidine rings is 1. The summed E-state index contributed by atoms with van der Waals surface area (Å²) in [6.07, 6.45) is 6.17. The lowest BCUT2D eigenvalue weighted by molar-refractivity contribution is 0.0689. The molecule has 30 heavy (non-hydrogen) atoms. The first-order valence-corrected chi connectivity index (χ1v) is 10.1. The van der Waals surface area contributed by atoms with E-state index in [1.165, 1.54) is 5.56 Å². The van der Waals surface area contributed by atoms with Crippen LogP contribution < -0.4 is 5.32 Å². The summed E-state index contributed by atoms with van der Waals surface area (Å²) in [5.74, 6) is 0.937. The van der Waals surface area contributed by atoms with E-state index in [0.29, 0.717) is 28.7 Å². The highest BCUT2D eigenvalue weighted by Gasteiger charge is 2.24. The van der Waals surface area contributed by atoms with Crippen LogP contribution in [-0.4, -0.2) is 33.9 Å². The third kappa shape index (κ3) is 4.64. The molecule has 6 nitrogen and oxygen atoms in total. The van der Waals surface area contributed by atoms with E-state index in [0.717, 1.165) is 32.4 Å². The summed E-state index contributed by atoms with van der Waals surface area (Å²) in [5, 5.41) is 12.2. The molecule has 1 amide bonds. The molecule has 0 unspecified atom stereocenters. The van der Waals surface area contributed by atoms with Gasteiger partial charge in [0.25, 0.3) is 5.91 Å². The minimum absolute atomic E-state index is 0.0304. The van der Waals surface area contributed by atoms with Crippen LogP contribution in [0.5, 0.6) is 0 Å². The smallest absolute Gasteiger partial charge is 0.256 e. The third-order valence-electron chi connectivity index (χ3n) is 5.46. The van der Waals surface area contributed by atoms with Crippen molar-refractivity contribution in [2.24, 2.45) is 5.92 Å². The van der Waals surface area contributed by atoms with Crippen LogP contribution >= 0.6 is 0 Å². The number of anilines is 2. The van der Waals surface area contributed by atoms with E-state index in [4.69, 9.17) is 0 Å². The second-order valence-electron chi connectivity index (χ2n) is 7.50. The van der Waals surface area contributed by atoms with Gasteiger partial charge in [0.2, 0.25) is 5.95 Å². The van der Waals surface area contributed by atoms with Gasteiger partial charge in [-0.05, 0) is 42.9 Å². The molecule has 150 valence electrons. The Labute approximate surface area is 176 Å². The lowest BCUT2D eigenvalue weighted by Gasteiger charge is -2.32. The second-order valence-corrected chi connectivity index (χ2v) is 7.50. The number of aromatic nitrogens is 2. The van der Waals surface area contributed by atoms with Gasteiger partial charge >= 0.3 is 0 Å². The average Bonchev–Trinajstić information content (AvgIpc) is 2.81. The predicted octanol–water partition coefficient (Wildman–Crippen LogP) is 4.19. The Bertz CT molecular complexity index is 1040. The summed E-state index contributed by atoms with van der Waals surface area (Å²) < 4.78 is 0. The fraction of sp³-hybridized carbons (Fsp3) is 0.250. The maximum atomic E-state index is 12.8. The van der Waals surface area contributed by atoms with E-state index in [1.807, 2.05) is 17.0 Å². The molecule has 0 spiro atoms. The quantitative estimate of drug-likeness (QED) is 0.698. The van der Waals surface area contributed by atoms with Gasteiger partial charge in [-0.3, -0.25) is 4.79 Å². The van der Waals surface area contributed by atoms with Crippen molar-refractivity contribution >= 4 is 17.5 Å². The minimum Gasteiger partial charge on any atom is -0.339 e. The van der Waals surface area contributed by atoms with E-state index < -0.39 is 0 Å². The maximum absolute atomic E-state index is 12.8. The fourth-order valence-electron chi connectivity index (χ4n) is 3.78. The van der Waals surface area contributed by atoms with Crippen LogP contribution in [0.3, 0.4) is 0 Å². The van der Waals surface area contributed by atoms with Gasteiger partial charge in [-0.1, -0.05) is 42.5 Å². The van der Waals surface area contributed by atoms with Crippen LogP contribution in [-0.2, 0) is 6.42 Å². The summed E-state index contributed by atoms with van der Waals surface area (Å²) in [5.41, 5.74) is 2.99. The first-order valence-electron chi connectivity index (χ1n) is 10.1. The van der Waals surface area contributed by atoms with Gasteiger partial charge in [0, 0.05) is 25.5 Å². The first kappa shape index (κ1) is 19.6. The molecule has 4 rings (SSSR count). The van der Waals surface area contributed by atoms with Crippen LogP contribution in [0, 0.1) is 17.2 Å². The normalized spacial score (nSPS) is 14.2. The van der Waals surface area contributed by atoms with Crippen LogP contribution in [0.2, 0.25) is 0 Å². The average molecular weight is 397 g/mol. The summed E-state index contributed by atoms with van der Waals surface area (Å²) in [4.78, 5) is 23.2. The summed E-state index contributed by atoms with van der Waals surface area (Å²) >= 11 is 0. The number of nitrogens with one attached hydrogen (secondary N) is 1. The van der Waals surface area contributed by atoms with E-state index in [2.05, 4.69) is 45.6 Å². The van der Waals surface area contributed by atoms with Crippen molar-refractivity contribution < 1.29 is 4.79 Å². The molecule has 1 N–H and O–H groups in total. The molecule has 1 aliphatic rings. The molecular formula is C24H23N5O. The number of nitrogens with zero attached hydrogens (tertiary/aromatic N) is 4. The zero-order valence-electron chi connectivity index (χ0n) is 16.7. The number of hydrogen-bond acceptors (Lipinski definition) is 5. The predicted molar refractivity (Wildman–Crippen MR) is 115 cm³/mol. The van der Waals surface area contributed by atoms with Gasteiger partial charge in [0.15, 0.2) is 0 Å². The van der Waals surface area contributed by atoms with Crippen molar-refractivity contribution in [3.8, 4) is 6.07 Å². The molecular weight excluding hydrogens is 374 g/mol. The van der Waals surface area contributed by atoms with Crippen molar-refractivity contribution in [3.05, 3.63) is 83.7 Å². The molecule has 0 atom stereocenters. The fourth-order valence-corrected chi connectivity index (χ4v) is 3.78. The molecule has 1 aliphatic heterocycles. The topological polar surface area (TPSA) is 81.9 Å². The standard InChI is InChI=1S/C24H23N5O/c25-15-20-8-4-5-9-22(20)28-24-26-16-21(17-27-24)23(30)29-12-10-19(11-13-29)14-18-6-2-1-3-7-18/h1-9,16-17,19H,10-14H2,(H,26,27,28). The number of para-hydroxylation sites is 1. The van der Waals surface area contributed by atoms with Gasteiger partial charge in [0.1, 0.15) is 6.07 Å². The number of carbonyl (C=O) groups excluding carboxylic acids is 1. The van der Waals surface area contributed by atoms with Crippen LogP contribution in [0.15, 0.2) is 67.0 Å². The zero-order chi connectivity index (χ0) is 20.8. The lowest BCUT2D eigenvalue weighted by Crippen LogP contribution is -2.39. The largest absolute Gasteiger partial charge is 0.339 e. The molecule has 0 saturated carbocycles. The Balaban J connectivity index is 1.33. The molecule has 0 aliphatic carbocycles. The van der Waals surface area contributed by atoms with E-state index in [9.17, 15) is 10.1 Å². The number of carbonyl (C=O) groups is 1. The molecule has 2 heterocycles. The Hall–Kier alpha value is -3.72. The Kier molecular flexibility index (Phi) is 6.00. The lowest BCUT2D eigenvalue weighted by atomic mass is 9.90. The van der Waals surface area contributed by atoms with Gasteiger partial charge in [-0.15, -0.1) is 0 Å². The maximum Gasteiger partial charge on any atom is 0.256 e. The number of benzene rings is 2. The molecule has 1 fully saturated rings. The Morgan fingerprint density at radius 2 is 1.70 bits per heavy atom. The van der Waals surface area contributed by atoms with Crippen LogP contribution in [0.1, 0.15) is 34.3 Å². The molecule has 0 bridgehead atoms. The Morgan fingerprint density at radius 3 is 2.40 bits per heavy atom. The van der Waals surface area contributed by atoms with Crippen molar-refractivity contribution in [2.45, 2.75) is 19.3 Å². The minimum atomic E-state index is -0.0304. The van der Waals surface area contributed by atoms with E-state index >= 15 is 0 Å². The molecule has 0 radical (unpaired) electrons. The van der Waals surface area contributed by atoms with Gasteiger partial charge in [0.05, 0.1) is 16.8 Å². The highest BCUT2D eigenvalue weighted by Crippen LogP contribution is 2.23. The first-order chi connectivity index (χ1) is 14.7. The second kappa shape index (κ2) is 9.19.